The van der Waals surface area contributed by atoms with E-state index in [1.54, 1.807) is 13.1 Å². The molecule has 2 aromatic heterocycles. The molecule has 2 rings (SSSR count). The van der Waals surface area contributed by atoms with E-state index in [1.807, 2.05) is 6.92 Å². The smallest absolute Gasteiger partial charge is 0.281 e. The van der Waals surface area contributed by atoms with Gasteiger partial charge in [0.15, 0.2) is 0 Å². The molecule has 2 aromatic rings. The Balaban J connectivity index is 3.10. The van der Waals surface area contributed by atoms with Crippen molar-refractivity contribution in [2.75, 3.05) is 0 Å². The van der Waals surface area contributed by atoms with Crippen LogP contribution in [-0.4, -0.2) is 15.0 Å². The lowest BCUT2D eigenvalue weighted by atomic mass is 10.2. The summed E-state index contributed by atoms with van der Waals surface area (Å²) in [5, 5.41) is 0.395. The van der Waals surface area contributed by atoms with Crippen molar-refractivity contribution in [2.24, 2.45) is 0 Å². The van der Waals surface area contributed by atoms with Gasteiger partial charge in [-0.25, -0.2) is 0 Å². The lowest BCUT2D eigenvalue weighted by Gasteiger charge is -1.85. The largest absolute Gasteiger partial charge is 0.356 e. The van der Waals surface area contributed by atoms with Gasteiger partial charge >= 0.3 is 0 Å². The van der Waals surface area contributed by atoms with Crippen molar-refractivity contribution in [2.45, 2.75) is 20.3 Å². The van der Waals surface area contributed by atoms with Crippen LogP contribution in [0.3, 0.4) is 0 Å². The van der Waals surface area contributed by atoms with Crippen LogP contribution in [0.25, 0.3) is 10.9 Å². The number of aromatic amines is 2. The Morgan fingerprint density at radius 3 is 2.80 bits per heavy atom. The number of nitrogens with one attached hydrogen (secondary N) is 2. The lowest BCUT2D eigenvalue weighted by molar-refractivity contribution is 1.04. The summed E-state index contributed by atoms with van der Waals surface area (Å²) in [5.41, 5.74) is 0.455. The number of rotatable bonds is 1. The number of fused-ring (bicyclic) bond motifs is 1. The summed E-state index contributed by atoms with van der Waals surface area (Å²) < 4.78 is 0. The SMILES string of the molecule is CCc1c[nH]c2c(=O)[nH]c(C)nc(=O)c12. The van der Waals surface area contributed by atoms with Crippen molar-refractivity contribution < 1.29 is 0 Å². The second kappa shape index (κ2) is 3.34. The molecular formula is C10H11N3O2. The summed E-state index contributed by atoms with van der Waals surface area (Å²) in [5.74, 6) is 0.330. The average molecular weight is 205 g/mol. The normalized spacial score (nSPS) is 10.8. The zero-order valence-electron chi connectivity index (χ0n) is 8.55. The van der Waals surface area contributed by atoms with Crippen LogP contribution >= 0.6 is 0 Å². The van der Waals surface area contributed by atoms with Gasteiger partial charge in [-0.1, -0.05) is 6.92 Å². The quantitative estimate of drug-likeness (QED) is 0.710. The molecule has 0 atom stereocenters. The zero-order chi connectivity index (χ0) is 11.0. The second-order valence-electron chi connectivity index (χ2n) is 3.37. The molecule has 15 heavy (non-hydrogen) atoms. The second-order valence-corrected chi connectivity index (χ2v) is 3.37. The van der Waals surface area contributed by atoms with Crippen molar-refractivity contribution >= 4 is 10.9 Å². The summed E-state index contributed by atoms with van der Waals surface area (Å²) >= 11 is 0. The molecule has 0 spiro atoms. The van der Waals surface area contributed by atoms with Crippen LogP contribution in [0.5, 0.6) is 0 Å². The Morgan fingerprint density at radius 1 is 1.40 bits per heavy atom. The molecule has 0 aromatic carbocycles. The summed E-state index contributed by atoms with van der Waals surface area (Å²) in [4.78, 5) is 32.4. The minimum atomic E-state index is -0.362. The van der Waals surface area contributed by atoms with Crippen LogP contribution in [0.4, 0.5) is 0 Å². The molecule has 0 saturated heterocycles. The fourth-order valence-electron chi connectivity index (χ4n) is 1.63. The van der Waals surface area contributed by atoms with Gasteiger partial charge in [0.2, 0.25) is 0 Å². The highest BCUT2D eigenvalue weighted by molar-refractivity contribution is 5.80. The highest BCUT2D eigenvalue weighted by Gasteiger charge is 2.08. The molecule has 0 radical (unpaired) electrons. The molecule has 0 aliphatic rings. The summed E-state index contributed by atoms with van der Waals surface area (Å²) in [6.07, 6.45) is 2.37. The molecule has 2 N–H and O–H groups in total. The van der Waals surface area contributed by atoms with E-state index in [4.69, 9.17) is 0 Å². The van der Waals surface area contributed by atoms with Gasteiger partial charge < -0.3 is 9.97 Å². The molecule has 0 amide bonds. The molecule has 0 unspecified atom stereocenters. The van der Waals surface area contributed by atoms with Gasteiger partial charge in [-0.3, -0.25) is 9.59 Å². The first kappa shape index (κ1) is 9.64. The molecule has 5 nitrogen and oxygen atoms in total. The van der Waals surface area contributed by atoms with E-state index in [0.29, 0.717) is 23.1 Å². The van der Waals surface area contributed by atoms with Crippen LogP contribution in [-0.2, 0) is 6.42 Å². The van der Waals surface area contributed by atoms with Gasteiger partial charge in [0, 0.05) is 6.20 Å². The fraction of sp³-hybridized carbons (Fsp3) is 0.300. The predicted molar refractivity (Wildman–Crippen MR) is 57.1 cm³/mol. The summed E-state index contributed by atoms with van der Waals surface area (Å²) in [7, 11) is 0. The number of aryl methyl sites for hydroxylation is 2. The van der Waals surface area contributed by atoms with Crippen LogP contribution in [0.1, 0.15) is 18.3 Å². The van der Waals surface area contributed by atoms with Crippen LogP contribution in [0, 0.1) is 6.92 Å². The highest BCUT2D eigenvalue weighted by atomic mass is 16.1. The number of H-pyrrole nitrogens is 2. The Morgan fingerprint density at radius 2 is 2.13 bits per heavy atom. The number of hydrogen-bond acceptors (Lipinski definition) is 3. The van der Waals surface area contributed by atoms with Crippen molar-refractivity contribution in [3.05, 3.63) is 38.3 Å². The topological polar surface area (TPSA) is 78.6 Å². The highest BCUT2D eigenvalue weighted by Crippen LogP contribution is 2.09. The number of hydrogen-bond donors (Lipinski definition) is 2. The maximum absolute atomic E-state index is 11.7. The van der Waals surface area contributed by atoms with Gasteiger partial charge in [0.1, 0.15) is 11.3 Å². The van der Waals surface area contributed by atoms with Gasteiger partial charge in [0.05, 0.1) is 5.39 Å². The molecule has 5 heteroatoms. The minimum absolute atomic E-state index is 0.303. The zero-order valence-corrected chi connectivity index (χ0v) is 8.55. The molecular weight excluding hydrogens is 194 g/mol. The molecule has 0 bridgehead atoms. The first-order chi connectivity index (χ1) is 7.13. The van der Waals surface area contributed by atoms with Crippen LogP contribution < -0.4 is 11.1 Å². The summed E-state index contributed by atoms with van der Waals surface area (Å²) in [6.45, 7) is 3.52. The van der Waals surface area contributed by atoms with Gasteiger partial charge in [-0.2, -0.15) is 4.98 Å². The third-order valence-electron chi connectivity index (χ3n) is 2.35. The van der Waals surface area contributed by atoms with E-state index in [-0.39, 0.29) is 11.1 Å². The third-order valence-corrected chi connectivity index (χ3v) is 2.35. The monoisotopic (exact) mass is 205 g/mol. The fourth-order valence-corrected chi connectivity index (χ4v) is 1.63. The van der Waals surface area contributed by atoms with Gasteiger partial charge in [-0.15, -0.1) is 0 Å². The maximum atomic E-state index is 11.7. The van der Waals surface area contributed by atoms with Crippen molar-refractivity contribution in [3.63, 3.8) is 0 Å². The van der Waals surface area contributed by atoms with E-state index in [9.17, 15) is 9.59 Å². The Hall–Kier alpha value is -1.91. The Bertz CT molecular complexity index is 625. The standard InChI is InChI=1S/C10H11N3O2/c1-3-6-4-11-8-7(6)9(14)12-5(2)13-10(8)15/h4,11H,3H2,1-2H3,(H,12,13,14,15). The first-order valence-corrected chi connectivity index (χ1v) is 4.74. The molecule has 2 heterocycles. The first-order valence-electron chi connectivity index (χ1n) is 4.74. The molecule has 0 fully saturated rings. The predicted octanol–water partition coefficient (Wildman–Crippen LogP) is 0.482. The van der Waals surface area contributed by atoms with Crippen molar-refractivity contribution in [3.8, 4) is 0 Å². The van der Waals surface area contributed by atoms with E-state index in [0.717, 1.165) is 5.56 Å². The summed E-state index contributed by atoms with van der Waals surface area (Å²) in [6, 6.07) is 0. The van der Waals surface area contributed by atoms with E-state index < -0.39 is 0 Å². The van der Waals surface area contributed by atoms with Gasteiger partial charge in [-0.05, 0) is 18.9 Å². The Labute approximate surface area is 85.2 Å². The third kappa shape index (κ3) is 1.45. The van der Waals surface area contributed by atoms with E-state index in [2.05, 4.69) is 15.0 Å². The average Bonchev–Trinajstić information content (AvgIpc) is 2.55. The maximum Gasteiger partial charge on any atom is 0.281 e. The van der Waals surface area contributed by atoms with Crippen LogP contribution in [0.15, 0.2) is 15.8 Å². The van der Waals surface area contributed by atoms with E-state index >= 15 is 0 Å². The molecule has 0 aliphatic carbocycles. The van der Waals surface area contributed by atoms with E-state index in [1.165, 1.54) is 0 Å². The van der Waals surface area contributed by atoms with Crippen LogP contribution in [0.2, 0.25) is 0 Å². The number of nitrogens with zero attached hydrogens (tertiary/aromatic N) is 1. The molecule has 0 saturated carbocycles. The molecule has 0 aliphatic heterocycles. The van der Waals surface area contributed by atoms with Gasteiger partial charge in [0.25, 0.3) is 11.1 Å². The lowest BCUT2D eigenvalue weighted by Crippen LogP contribution is -2.04. The Kier molecular flexibility index (Phi) is 2.15. The molecule has 78 valence electrons. The van der Waals surface area contributed by atoms with Crippen molar-refractivity contribution in [1.82, 2.24) is 15.0 Å². The minimum Gasteiger partial charge on any atom is -0.356 e. The van der Waals surface area contributed by atoms with Crippen molar-refractivity contribution in [1.29, 1.82) is 0 Å². The number of aromatic nitrogens is 3.